The molecule has 0 radical (unpaired) electrons. The van der Waals surface area contributed by atoms with E-state index in [1.807, 2.05) is 0 Å². The Labute approximate surface area is 256 Å². The Morgan fingerprint density at radius 3 is 1.12 bits per heavy atom. The maximum atomic E-state index is 12.7. The summed E-state index contributed by atoms with van der Waals surface area (Å²) in [5.41, 5.74) is 6.23. The van der Waals surface area contributed by atoms with Crippen molar-refractivity contribution in [1.82, 2.24) is 0 Å². The van der Waals surface area contributed by atoms with Gasteiger partial charge < -0.3 is 10.5 Å². The lowest BCUT2D eigenvalue weighted by molar-refractivity contribution is -0.151. The van der Waals surface area contributed by atoms with Crippen LogP contribution in [-0.4, -0.2) is 36.8 Å². The molecule has 0 saturated heterocycles. The van der Waals surface area contributed by atoms with E-state index in [2.05, 4.69) is 20.8 Å². The predicted molar refractivity (Wildman–Crippen MR) is 177 cm³/mol. The third kappa shape index (κ3) is 35.4. The van der Waals surface area contributed by atoms with Crippen LogP contribution in [0.1, 0.15) is 195 Å². The number of esters is 1. The normalized spacial score (nSPS) is 12.9. The number of hydrogen-bond donors (Lipinski definition) is 2. The van der Waals surface area contributed by atoms with Crippen molar-refractivity contribution in [2.45, 2.75) is 207 Å². The molecule has 0 spiro atoms. The van der Waals surface area contributed by atoms with Crippen molar-refractivity contribution in [3.63, 3.8) is 0 Å². The van der Waals surface area contributed by atoms with E-state index in [-0.39, 0.29) is 17.8 Å². The van der Waals surface area contributed by atoms with Gasteiger partial charge in [0.1, 0.15) is 12.1 Å². The Morgan fingerprint density at radius 1 is 0.561 bits per heavy atom. The monoisotopic (exact) mass is 606 g/mol. The molecule has 0 aliphatic rings. The number of hydrogen-bond acceptors (Lipinski definition) is 5. The van der Waals surface area contributed by atoms with E-state index in [0.29, 0.717) is 0 Å². The van der Waals surface area contributed by atoms with E-state index < -0.39 is 16.2 Å². The Kier molecular flexibility index (Phi) is 33.4. The standard InChI is InChI=1S/C32H65NO2.C2H6O3S/c1-4-7-10-13-16-18-19-22-25-28-30(27-24-21-15-12-9-6-3)35-32(34)31(33)29-26-23-20-17-14-11-8-5-2;1-2-6(3,4)5/h30-31H,4-29,33H2,1-3H3;2H2,1H3,(H,3,4,5). The maximum Gasteiger partial charge on any atom is 0.323 e. The van der Waals surface area contributed by atoms with E-state index >= 15 is 0 Å². The second-order valence-corrected chi connectivity index (χ2v) is 13.7. The van der Waals surface area contributed by atoms with E-state index in [9.17, 15) is 13.2 Å². The first-order valence-electron chi connectivity index (χ1n) is 17.6. The first-order chi connectivity index (χ1) is 19.7. The van der Waals surface area contributed by atoms with Crippen LogP contribution < -0.4 is 5.73 Å². The van der Waals surface area contributed by atoms with Gasteiger partial charge in [-0.05, 0) is 39.0 Å². The summed E-state index contributed by atoms with van der Waals surface area (Å²) >= 11 is 0. The number of carbonyl (C=O) groups excluding carboxylic acids is 1. The van der Waals surface area contributed by atoms with Crippen LogP contribution in [-0.2, 0) is 19.6 Å². The minimum Gasteiger partial charge on any atom is -0.461 e. The zero-order chi connectivity index (χ0) is 31.0. The Balaban J connectivity index is 0. The molecule has 0 heterocycles. The van der Waals surface area contributed by atoms with Gasteiger partial charge >= 0.3 is 5.97 Å². The molecule has 2 unspecified atom stereocenters. The molecule has 0 aromatic heterocycles. The van der Waals surface area contributed by atoms with Crippen molar-refractivity contribution in [3.05, 3.63) is 0 Å². The third-order valence-corrected chi connectivity index (χ3v) is 8.56. The Hall–Kier alpha value is -0.660. The summed E-state index contributed by atoms with van der Waals surface area (Å²) in [4.78, 5) is 12.7. The van der Waals surface area contributed by atoms with Crippen molar-refractivity contribution in [1.29, 1.82) is 0 Å². The van der Waals surface area contributed by atoms with Gasteiger partial charge in [0.25, 0.3) is 10.1 Å². The van der Waals surface area contributed by atoms with Gasteiger partial charge in [-0.25, -0.2) is 0 Å². The molecule has 0 aromatic carbocycles. The summed E-state index contributed by atoms with van der Waals surface area (Å²) < 4.78 is 32.9. The Morgan fingerprint density at radius 2 is 0.829 bits per heavy atom. The highest BCUT2D eigenvalue weighted by Crippen LogP contribution is 2.18. The highest BCUT2D eigenvalue weighted by molar-refractivity contribution is 7.85. The molecule has 41 heavy (non-hydrogen) atoms. The molecule has 0 bridgehead atoms. The molecule has 7 heteroatoms. The molecule has 0 aliphatic carbocycles. The first kappa shape index (κ1) is 42.5. The highest BCUT2D eigenvalue weighted by atomic mass is 32.2. The molecule has 0 aliphatic heterocycles. The smallest absolute Gasteiger partial charge is 0.323 e. The lowest BCUT2D eigenvalue weighted by atomic mass is 10.0. The van der Waals surface area contributed by atoms with Gasteiger partial charge in [-0.2, -0.15) is 8.42 Å². The summed E-state index contributed by atoms with van der Waals surface area (Å²) in [5, 5.41) is 0. The van der Waals surface area contributed by atoms with Crippen LogP contribution in [0.4, 0.5) is 0 Å². The molecule has 0 aromatic rings. The van der Waals surface area contributed by atoms with Gasteiger partial charge in [-0.15, -0.1) is 0 Å². The number of rotatable bonds is 29. The minimum absolute atomic E-state index is 0.0721. The fraction of sp³-hybridized carbons (Fsp3) is 0.971. The summed E-state index contributed by atoms with van der Waals surface area (Å²) in [6.07, 6.45) is 32.8. The van der Waals surface area contributed by atoms with Crippen molar-refractivity contribution in [3.8, 4) is 0 Å². The zero-order valence-electron chi connectivity index (χ0n) is 27.8. The van der Waals surface area contributed by atoms with Crippen LogP contribution in [0, 0.1) is 0 Å². The topological polar surface area (TPSA) is 107 Å². The average molecular weight is 606 g/mol. The van der Waals surface area contributed by atoms with E-state index in [4.69, 9.17) is 15.0 Å². The fourth-order valence-corrected chi connectivity index (χ4v) is 4.96. The molecule has 2 atom stereocenters. The zero-order valence-corrected chi connectivity index (χ0v) is 28.6. The molecule has 0 fully saturated rings. The summed E-state index contributed by atoms with van der Waals surface area (Å²) in [7, 11) is -3.66. The number of carbonyl (C=O) groups is 1. The summed E-state index contributed by atoms with van der Waals surface area (Å²) in [6.45, 7) is 8.17. The van der Waals surface area contributed by atoms with Gasteiger partial charge in [0.05, 0.1) is 5.75 Å². The van der Waals surface area contributed by atoms with Crippen molar-refractivity contribution < 1.29 is 22.5 Å². The number of ether oxygens (including phenoxy) is 1. The first-order valence-corrected chi connectivity index (χ1v) is 19.2. The molecule has 0 amide bonds. The molecular formula is C34H71NO5S. The molecule has 248 valence electrons. The minimum atomic E-state index is -3.66. The maximum absolute atomic E-state index is 12.7. The largest absolute Gasteiger partial charge is 0.461 e. The summed E-state index contributed by atoms with van der Waals surface area (Å²) in [6, 6.07) is -0.440. The van der Waals surface area contributed by atoms with E-state index in [1.165, 1.54) is 148 Å². The van der Waals surface area contributed by atoms with E-state index in [1.54, 1.807) is 0 Å². The van der Waals surface area contributed by atoms with Crippen LogP contribution in [0.5, 0.6) is 0 Å². The van der Waals surface area contributed by atoms with Crippen LogP contribution >= 0.6 is 0 Å². The van der Waals surface area contributed by atoms with Gasteiger partial charge in [-0.3, -0.25) is 9.35 Å². The predicted octanol–water partition coefficient (Wildman–Crippen LogP) is 10.3. The highest BCUT2D eigenvalue weighted by Gasteiger charge is 2.20. The lowest BCUT2D eigenvalue weighted by Gasteiger charge is -2.20. The molecule has 0 saturated carbocycles. The van der Waals surface area contributed by atoms with Gasteiger partial charge in [0.15, 0.2) is 0 Å². The van der Waals surface area contributed by atoms with Gasteiger partial charge in [-0.1, -0.05) is 156 Å². The molecule has 3 N–H and O–H groups in total. The van der Waals surface area contributed by atoms with Crippen LogP contribution in [0.25, 0.3) is 0 Å². The van der Waals surface area contributed by atoms with Crippen LogP contribution in [0.2, 0.25) is 0 Å². The number of nitrogens with two attached hydrogens (primary N) is 1. The van der Waals surface area contributed by atoms with Crippen molar-refractivity contribution >= 4 is 16.1 Å². The van der Waals surface area contributed by atoms with Gasteiger partial charge in [0.2, 0.25) is 0 Å². The molecular weight excluding hydrogens is 534 g/mol. The molecule has 6 nitrogen and oxygen atoms in total. The lowest BCUT2D eigenvalue weighted by Crippen LogP contribution is -2.35. The average Bonchev–Trinajstić information content (AvgIpc) is 2.94. The fourth-order valence-electron chi connectivity index (χ4n) is 4.96. The number of unbranched alkanes of at least 4 members (excludes halogenated alkanes) is 20. The van der Waals surface area contributed by atoms with Crippen LogP contribution in [0.15, 0.2) is 0 Å². The second-order valence-electron chi connectivity index (χ2n) is 12.0. The van der Waals surface area contributed by atoms with Crippen LogP contribution in [0.3, 0.4) is 0 Å². The van der Waals surface area contributed by atoms with Crippen molar-refractivity contribution in [2.24, 2.45) is 5.73 Å². The Bertz CT molecular complexity index is 641. The van der Waals surface area contributed by atoms with Gasteiger partial charge in [0, 0.05) is 0 Å². The quantitative estimate of drug-likeness (QED) is 0.0499. The second kappa shape index (κ2) is 32.3. The molecule has 0 rings (SSSR count). The third-order valence-electron chi connectivity index (χ3n) is 7.83. The van der Waals surface area contributed by atoms with E-state index in [0.717, 1.165) is 25.7 Å². The van der Waals surface area contributed by atoms with Crippen molar-refractivity contribution in [2.75, 3.05) is 5.75 Å². The SMILES string of the molecule is CCCCCCCCCCCC(CCCCCCCC)OC(=O)C(N)CCCCCCCCCC.CCS(=O)(=O)O. The summed E-state index contributed by atoms with van der Waals surface area (Å²) in [5.74, 6) is -0.354.